The van der Waals surface area contributed by atoms with Crippen LogP contribution in [0.2, 0.25) is 0 Å². The molecule has 3 heteroatoms. The Morgan fingerprint density at radius 1 is 1.67 bits per heavy atom. The van der Waals surface area contributed by atoms with Crippen LogP contribution in [0.3, 0.4) is 0 Å². The molecule has 0 fully saturated rings. The average Bonchev–Trinajstić information content (AvgIpc) is 1.35. The predicted octanol–water partition coefficient (Wildman–Crippen LogP) is 2.12. The molecule has 0 aromatic carbocycles. The monoisotopic (exact) mass is 202 g/mol. The molecular weight excluding hydrogens is 198 g/mol. The maximum atomic E-state index is 5.48. The van der Waals surface area contributed by atoms with Crippen molar-refractivity contribution < 1.29 is 18.9 Å². The summed E-state index contributed by atoms with van der Waals surface area (Å²) in [6.45, 7) is 2.05. The Bertz CT molecular complexity index is 55.8. The van der Waals surface area contributed by atoms with E-state index in [1.807, 2.05) is 10.6 Å². The van der Waals surface area contributed by atoms with Gasteiger partial charge in [-0.2, -0.15) is 0 Å². The molecular formula is C3H6Cl2Zr. The van der Waals surface area contributed by atoms with Crippen LogP contribution in [0.5, 0.6) is 0 Å². The van der Waals surface area contributed by atoms with Gasteiger partial charge in [-0.05, 0) is 0 Å². The molecule has 0 radical (unpaired) electrons. The van der Waals surface area contributed by atoms with Crippen LogP contribution in [0.15, 0.2) is 0 Å². The molecule has 0 rings (SSSR count). The summed E-state index contributed by atoms with van der Waals surface area (Å²) in [5.74, 6) is 0. The topological polar surface area (TPSA) is 0 Å². The van der Waals surface area contributed by atoms with Crippen molar-refractivity contribution in [1.82, 2.24) is 0 Å². The number of hydrogen-bond donors (Lipinski definition) is 0. The van der Waals surface area contributed by atoms with Crippen molar-refractivity contribution in [2.24, 2.45) is 0 Å². The second-order valence-electron chi connectivity index (χ2n) is 0.902. The summed E-state index contributed by atoms with van der Waals surface area (Å²) < 4.78 is 2.02. The van der Waals surface area contributed by atoms with E-state index in [1.54, 1.807) is 0 Å². The third-order valence-corrected chi connectivity index (χ3v) is 3.95. The maximum absolute atomic E-state index is 5.48. The normalized spacial score (nSPS) is 7.83. The van der Waals surface area contributed by atoms with Crippen molar-refractivity contribution in [2.45, 2.75) is 13.3 Å². The van der Waals surface area contributed by atoms with Gasteiger partial charge in [0.05, 0.1) is 0 Å². The van der Waals surface area contributed by atoms with Gasteiger partial charge < -0.3 is 0 Å². The quantitative estimate of drug-likeness (QED) is 0.613. The van der Waals surface area contributed by atoms with Crippen LogP contribution in [-0.2, 0) is 18.9 Å². The molecule has 0 heterocycles. The molecule has 0 nitrogen and oxygen atoms in total. The molecule has 6 heavy (non-hydrogen) atoms. The van der Waals surface area contributed by atoms with Gasteiger partial charge in [0.25, 0.3) is 0 Å². The second-order valence-corrected chi connectivity index (χ2v) is 9.29. The van der Waals surface area contributed by atoms with Gasteiger partial charge in [-0.3, -0.25) is 0 Å². The Labute approximate surface area is 52.7 Å². The van der Waals surface area contributed by atoms with Gasteiger partial charge in [0.2, 0.25) is 0 Å². The van der Waals surface area contributed by atoms with Crippen LogP contribution in [0.4, 0.5) is 0 Å². The van der Waals surface area contributed by atoms with E-state index in [4.69, 9.17) is 17.0 Å². The number of hydrogen-bond acceptors (Lipinski definition) is 0. The van der Waals surface area contributed by atoms with Crippen molar-refractivity contribution in [3.8, 4) is 0 Å². The summed E-state index contributed by atoms with van der Waals surface area (Å²) in [5.41, 5.74) is 0. The first kappa shape index (κ1) is 7.33. The first-order valence-electron chi connectivity index (χ1n) is 1.78. The van der Waals surface area contributed by atoms with E-state index in [2.05, 4.69) is 0 Å². The fourth-order valence-electron chi connectivity index (χ4n) is 0.154. The fraction of sp³-hybridized carbons (Fsp3) is 0.667. The van der Waals surface area contributed by atoms with Crippen molar-refractivity contribution in [3.63, 3.8) is 0 Å². The Balaban J connectivity index is 3.14. The van der Waals surface area contributed by atoms with E-state index in [0.29, 0.717) is 0 Å². The van der Waals surface area contributed by atoms with Gasteiger partial charge in [-0.15, -0.1) is 0 Å². The summed E-state index contributed by atoms with van der Waals surface area (Å²) >= 11 is -1.80. The predicted molar refractivity (Wildman–Crippen MR) is 28.1 cm³/mol. The van der Waals surface area contributed by atoms with Gasteiger partial charge >= 0.3 is 53.0 Å². The van der Waals surface area contributed by atoms with Crippen molar-refractivity contribution >= 4 is 20.7 Å². The zero-order valence-electron chi connectivity index (χ0n) is 3.54. The Morgan fingerprint density at radius 2 is 2.17 bits per heavy atom. The summed E-state index contributed by atoms with van der Waals surface area (Å²) in [7, 11) is 11.0. The van der Waals surface area contributed by atoms with Gasteiger partial charge in [0, 0.05) is 0 Å². The van der Waals surface area contributed by atoms with Crippen LogP contribution >= 0.6 is 17.0 Å². The number of halogens is 2. The molecule has 0 bridgehead atoms. The molecule has 0 aliphatic heterocycles. The fourth-order valence-corrected chi connectivity index (χ4v) is 2.74. The van der Waals surface area contributed by atoms with Crippen molar-refractivity contribution in [1.29, 1.82) is 0 Å². The van der Waals surface area contributed by atoms with Crippen LogP contribution in [0.25, 0.3) is 0 Å². The van der Waals surface area contributed by atoms with Crippen molar-refractivity contribution in [3.05, 3.63) is 0 Å². The molecule has 0 atom stereocenters. The standard InChI is InChI=1S/C3H6.2ClH.Zr/c1-3-2;;;/h1H,3H2,2H3;2*1H;/q;;;+2/p-2. The van der Waals surface area contributed by atoms with Crippen LogP contribution < -0.4 is 0 Å². The number of rotatable bonds is 1. The Hall–Kier alpha value is 1.33. The third-order valence-electron chi connectivity index (χ3n) is 0.358. The van der Waals surface area contributed by atoms with Gasteiger partial charge in [0.1, 0.15) is 0 Å². The second kappa shape index (κ2) is 4.49. The van der Waals surface area contributed by atoms with Gasteiger partial charge in [0.15, 0.2) is 0 Å². The van der Waals surface area contributed by atoms with Gasteiger partial charge in [-0.25, -0.2) is 0 Å². The van der Waals surface area contributed by atoms with Crippen LogP contribution in [-0.4, -0.2) is 3.71 Å². The Kier molecular flexibility index (Phi) is 5.49. The summed E-state index contributed by atoms with van der Waals surface area (Å²) in [4.78, 5) is 0. The van der Waals surface area contributed by atoms with Crippen LogP contribution in [0, 0.1) is 0 Å². The first-order valence-corrected chi connectivity index (χ1v) is 9.53. The molecule has 0 aliphatic carbocycles. The molecule has 36 valence electrons. The molecule has 0 spiro atoms. The van der Waals surface area contributed by atoms with Crippen LogP contribution in [0.1, 0.15) is 13.3 Å². The van der Waals surface area contributed by atoms with Gasteiger partial charge in [-0.1, -0.05) is 0 Å². The van der Waals surface area contributed by atoms with Crippen molar-refractivity contribution in [2.75, 3.05) is 0 Å². The average molecular weight is 204 g/mol. The third kappa shape index (κ3) is 5.33. The molecule has 0 aromatic rings. The SMILES string of the molecule is CC[CH]=[Zr]([Cl])[Cl]. The van der Waals surface area contributed by atoms with E-state index in [9.17, 15) is 0 Å². The molecule has 0 saturated carbocycles. The molecule has 0 aromatic heterocycles. The van der Waals surface area contributed by atoms with E-state index >= 15 is 0 Å². The Morgan fingerprint density at radius 3 is 2.17 bits per heavy atom. The molecule has 0 N–H and O–H groups in total. The first-order chi connectivity index (χ1) is 2.77. The van der Waals surface area contributed by atoms with E-state index in [-0.39, 0.29) is 0 Å². The van der Waals surface area contributed by atoms with E-state index in [1.165, 1.54) is 0 Å². The van der Waals surface area contributed by atoms with E-state index < -0.39 is 18.9 Å². The zero-order chi connectivity index (χ0) is 4.99. The summed E-state index contributed by atoms with van der Waals surface area (Å²) in [6, 6.07) is 0. The molecule has 0 aliphatic rings. The summed E-state index contributed by atoms with van der Waals surface area (Å²) in [6.07, 6.45) is 1.03. The minimum atomic E-state index is -1.80. The molecule has 0 amide bonds. The van der Waals surface area contributed by atoms with E-state index in [0.717, 1.165) is 6.42 Å². The zero-order valence-corrected chi connectivity index (χ0v) is 7.51. The summed E-state index contributed by atoms with van der Waals surface area (Å²) in [5, 5.41) is 0. The molecule has 0 saturated heterocycles. The minimum absolute atomic E-state index is 1.03. The molecule has 0 unspecified atom stereocenters.